The van der Waals surface area contributed by atoms with Crippen LogP contribution in [0.25, 0.3) is 0 Å². The summed E-state index contributed by atoms with van der Waals surface area (Å²) < 4.78 is 0. The number of hydrogen-bond acceptors (Lipinski definition) is 3. The minimum absolute atomic E-state index is 0.0529. The molecule has 1 saturated heterocycles. The maximum absolute atomic E-state index is 12.2. The minimum atomic E-state index is -0.0529. The molecule has 0 aliphatic carbocycles. The number of aryl methyl sites for hydroxylation is 1. The molecule has 1 atom stereocenters. The lowest BCUT2D eigenvalue weighted by molar-refractivity contribution is -0.115. The smallest absolute Gasteiger partial charge is 0.243 e. The van der Waals surface area contributed by atoms with Gasteiger partial charge in [-0.3, -0.25) is 9.79 Å². The normalized spacial score (nSPS) is 18.4. The fraction of sp³-hybridized carbons (Fsp3) is 0.556. The van der Waals surface area contributed by atoms with Gasteiger partial charge >= 0.3 is 0 Å². The molecule has 24 heavy (non-hydrogen) atoms. The zero-order valence-electron chi connectivity index (χ0n) is 14.8. The van der Waals surface area contributed by atoms with Crippen LogP contribution in [0.1, 0.15) is 25.8 Å². The lowest BCUT2D eigenvalue weighted by atomic mass is 10.1. The van der Waals surface area contributed by atoms with Crippen molar-refractivity contribution in [1.82, 2.24) is 10.2 Å². The standard InChI is InChI=1S/C18H28N4OS/c1-4-14-7-6-8-15(11-14)21-17(23)12-20-18(19-3)22-9-10-24-16(5-2)13-22/h6-8,11,16H,4-5,9-10,12-13H2,1-3H3,(H,19,20)(H,21,23). The van der Waals surface area contributed by atoms with E-state index in [9.17, 15) is 4.79 Å². The number of anilines is 1. The highest BCUT2D eigenvalue weighted by Crippen LogP contribution is 2.20. The molecule has 1 aliphatic rings. The zero-order valence-corrected chi connectivity index (χ0v) is 15.7. The number of carbonyl (C=O) groups excluding carboxylic acids is 1. The Morgan fingerprint density at radius 1 is 1.42 bits per heavy atom. The molecule has 1 heterocycles. The Kier molecular flexibility index (Phi) is 7.43. The van der Waals surface area contributed by atoms with Crippen molar-refractivity contribution in [2.24, 2.45) is 4.99 Å². The summed E-state index contributed by atoms with van der Waals surface area (Å²) in [6.07, 6.45) is 2.12. The van der Waals surface area contributed by atoms with Gasteiger partial charge in [0.25, 0.3) is 0 Å². The van der Waals surface area contributed by atoms with Crippen LogP contribution in [0.5, 0.6) is 0 Å². The van der Waals surface area contributed by atoms with E-state index < -0.39 is 0 Å². The maximum atomic E-state index is 12.2. The van der Waals surface area contributed by atoms with E-state index in [2.05, 4.69) is 40.4 Å². The van der Waals surface area contributed by atoms with Crippen LogP contribution < -0.4 is 10.6 Å². The summed E-state index contributed by atoms with van der Waals surface area (Å²) in [4.78, 5) is 18.8. The van der Waals surface area contributed by atoms with E-state index >= 15 is 0 Å². The second kappa shape index (κ2) is 9.57. The summed E-state index contributed by atoms with van der Waals surface area (Å²) in [5.74, 6) is 1.86. The molecule has 0 aromatic heterocycles. The third-order valence-corrected chi connectivity index (χ3v) is 5.50. The van der Waals surface area contributed by atoms with E-state index in [1.165, 1.54) is 5.56 Å². The molecule has 1 aliphatic heterocycles. The molecule has 6 heteroatoms. The number of hydrogen-bond donors (Lipinski definition) is 2. The first-order valence-electron chi connectivity index (χ1n) is 8.62. The first-order valence-corrected chi connectivity index (χ1v) is 9.67. The molecular formula is C18H28N4OS. The first kappa shape index (κ1) is 18.6. The second-order valence-electron chi connectivity index (χ2n) is 5.85. The molecule has 1 unspecified atom stereocenters. The van der Waals surface area contributed by atoms with Crippen molar-refractivity contribution >= 4 is 29.3 Å². The highest BCUT2D eigenvalue weighted by Gasteiger charge is 2.21. The highest BCUT2D eigenvalue weighted by molar-refractivity contribution is 8.00. The average Bonchev–Trinajstić information content (AvgIpc) is 2.62. The van der Waals surface area contributed by atoms with Crippen LogP contribution in [-0.2, 0) is 11.2 Å². The van der Waals surface area contributed by atoms with Gasteiger partial charge in [-0.15, -0.1) is 0 Å². The molecule has 2 rings (SSSR count). The molecule has 1 aromatic carbocycles. The van der Waals surface area contributed by atoms with Gasteiger partial charge in [0.1, 0.15) is 0 Å². The van der Waals surface area contributed by atoms with Crippen molar-refractivity contribution < 1.29 is 4.79 Å². The summed E-state index contributed by atoms with van der Waals surface area (Å²) in [5, 5.41) is 6.77. The average molecular weight is 349 g/mol. The summed E-state index contributed by atoms with van der Waals surface area (Å²) in [6, 6.07) is 7.96. The van der Waals surface area contributed by atoms with Crippen LogP contribution in [0.4, 0.5) is 5.69 Å². The fourth-order valence-electron chi connectivity index (χ4n) is 2.72. The minimum Gasteiger partial charge on any atom is -0.347 e. The number of thioether (sulfide) groups is 1. The molecule has 0 radical (unpaired) electrons. The lowest BCUT2D eigenvalue weighted by Gasteiger charge is -2.34. The number of benzene rings is 1. The van der Waals surface area contributed by atoms with Gasteiger partial charge in [0, 0.05) is 36.8 Å². The summed E-state index contributed by atoms with van der Waals surface area (Å²) >= 11 is 2.02. The lowest BCUT2D eigenvalue weighted by Crippen LogP contribution is -2.49. The van der Waals surface area contributed by atoms with Crippen LogP contribution >= 0.6 is 11.8 Å². The van der Waals surface area contributed by atoms with Crippen molar-refractivity contribution in [3.05, 3.63) is 29.8 Å². The molecule has 132 valence electrons. The topological polar surface area (TPSA) is 56.7 Å². The molecule has 2 N–H and O–H groups in total. The quantitative estimate of drug-likeness (QED) is 0.634. The largest absolute Gasteiger partial charge is 0.347 e. The van der Waals surface area contributed by atoms with Crippen molar-refractivity contribution in [3.8, 4) is 0 Å². The number of guanidine groups is 1. The third-order valence-electron chi connectivity index (χ3n) is 4.13. The number of carbonyl (C=O) groups is 1. The van der Waals surface area contributed by atoms with Gasteiger partial charge in [-0.1, -0.05) is 26.0 Å². The Morgan fingerprint density at radius 3 is 2.96 bits per heavy atom. The van der Waals surface area contributed by atoms with Crippen LogP contribution in [0.15, 0.2) is 29.3 Å². The molecule has 0 bridgehead atoms. The predicted molar refractivity (Wildman–Crippen MR) is 104 cm³/mol. The second-order valence-corrected chi connectivity index (χ2v) is 7.26. The van der Waals surface area contributed by atoms with E-state index in [4.69, 9.17) is 0 Å². The predicted octanol–water partition coefficient (Wildman–Crippen LogP) is 2.59. The van der Waals surface area contributed by atoms with Gasteiger partial charge in [-0.2, -0.15) is 11.8 Å². The van der Waals surface area contributed by atoms with Crippen LogP contribution in [0.2, 0.25) is 0 Å². The van der Waals surface area contributed by atoms with Crippen LogP contribution in [0, 0.1) is 0 Å². The van der Waals surface area contributed by atoms with Crippen molar-refractivity contribution in [3.63, 3.8) is 0 Å². The Balaban J connectivity index is 1.85. The number of rotatable bonds is 5. The van der Waals surface area contributed by atoms with Crippen molar-refractivity contribution in [2.45, 2.75) is 31.9 Å². The van der Waals surface area contributed by atoms with Crippen LogP contribution in [0.3, 0.4) is 0 Å². The molecular weight excluding hydrogens is 320 g/mol. The van der Waals surface area contributed by atoms with E-state index in [1.807, 2.05) is 30.0 Å². The summed E-state index contributed by atoms with van der Waals surface area (Å²) in [6.45, 7) is 6.51. The first-order chi connectivity index (χ1) is 11.7. The molecule has 5 nitrogen and oxygen atoms in total. The number of nitrogens with zero attached hydrogens (tertiary/aromatic N) is 2. The monoisotopic (exact) mass is 348 g/mol. The number of aliphatic imine (C=N–C) groups is 1. The van der Waals surface area contributed by atoms with Gasteiger partial charge < -0.3 is 15.5 Å². The molecule has 1 amide bonds. The van der Waals surface area contributed by atoms with Crippen LogP contribution in [-0.4, -0.2) is 54.5 Å². The Bertz CT molecular complexity index is 576. The third kappa shape index (κ3) is 5.44. The van der Waals surface area contributed by atoms with Gasteiger partial charge in [0.2, 0.25) is 5.91 Å². The molecule has 1 fully saturated rings. The SMILES string of the molecule is CCc1cccc(NC(=O)CNC(=NC)N2CCSC(CC)C2)c1. The van der Waals surface area contributed by atoms with Crippen molar-refractivity contribution in [2.75, 3.05) is 37.8 Å². The highest BCUT2D eigenvalue weighted by atomic mass is 32.2. The van der Waals surface area contributed by atoms with E-state index in [0.29, 0.717) is 5.25 Å². The fourth-order valence-corrected chi connectivity index (χ4v) is 3.90. The molecule has 0 saturated carbocycles. The van der Waals surface area contributed by atoms with Gasteiger partial charge in [-0.05, 0) is 30.5 Å². The Hall–Kier alpha value is -1.69. The summed E-state index contributed by atoms with van der Waals surface area (Å²) in [5.41, 5.74) is 2.06. The zero-order chi connectivity index (χ0) is 17.4. The van der Waals surface area contributed by atoms with Gasteiger partial charge in [0.05, 0.1) is 6.54 Å². The number of nitrogens with one attached hydrogen (secondary N) is 2. The van der Waals surface area contributed by atoms with Gasteiger partial charge in [-0.25, -0.2) is 0 Å². The van der Waals surface area contributed by atoms with E-state index in [-0.39, 0.29) is 12.5 Å². The molecule has 1 aromatic rings. The number of amides is 1. The maximum Gasteiger partial charge on any atom is 0.243 e. The Morgan fingerprint density at radius 2 is 2.25 bits per heavy atom. The van der Waals surface area contributed by atoms with E-state index in [1.54, 1.807) is 7.05 Å². The molecule has 0 spiro atoms. The van der Waals surface area contributed by atoms with Gasteiger partial charge in [0.15, 0.2) is 5.96 Å². The summed E-state index contributed by atoms with van der Waals surface area (Å²) in [7, 11) is 1.77. The Labute approximate surface area is 149 Å². The van der Waals surface area contributed by atoms with E-state index in [0.717, 1.165) is 43.3 Å². The van der Waals surface area contributed by atoms with Crippen molar-refractivity contribution in [1.29, 1.82) is 0 Å².